The quantitative estimate of drug-likeness (QED) is 0.662. The monoisotopic (exact) mass is 409 g/mol. The van der Waals surface area contributed by atoms with Crippen LogP contribution in [-0.4, -0.2) is 61.7 Å². The van der Waals surface area contributed by atoms with Crippen molar-refractivity contribution in [1.29, 1.82) is 0 Å². The first kappa shape index (κ1) is 23.3. The van der Waals surface area contributed by atoms with Crippen molar-refractivity contribution in [3.8, 4) is 0 Å². The third-order valence-electron chi connectivity index (χ3n) is 4.90. The molecule has 8 nitrogen and oxygen atoms in total. The van der Waals surface area contributed by atoms with E-state index in [1.807, 2.05) is 20.8 Å². The Labute approximate surface area is 173 Å². The fourth-order valence-corrected chi connectivity index (χ4v) is 3.39. The van der Waals surface area contributed by atoms with Gasteiger partial charge in [0.2, 0.25) is 0 Å². The van der Waals surface area contributed by atoms with Crippen molar-refractivity contribution in [3.63, 3.8) is 0 Å². The molecule has 0 aliphatic carbocycles. The lowest BCUT2D eigenvalue weighted by Crippen LogP contribution is -2.28. The highest BCUT2D eigenvalue weighted by Gasteiger charge is 2.28. The molecule has 0 radical (unpaired) electrons. The predicted molar refractivity (Wildman–Crippen MR) is 109 cm³/mol. The van der Waals surface area contributed by atoms with E-state index in [-0.39, 0.29) is 23.7 Å². The van der Waals surface area contributed by atoms with Crippen molar-refractivity contribution in [2.45, 2.75) is 59.4 Å². The molecule has 8 heteroatoms. The highest BCUT2D eigenvalue weighted by atomic mass is 16.5. The molecule has 0 unspecified atom stereocenters. The first-order chi connectivity index (χ1) is 13.9. The number of methoxy groups -OCH3 is 1. The first-order valence-corrected chi connectivity index (χ1v) is 10.5. The van der Waals surface area contributed by atoms with E-state index in [0.29, 0.717) is 51.6 Å². The van der Waals surface area contributed by atoms with Crippen LogP contribution in [0.25, 0.3) is 0 Å². The molecule has 0 saturated heterocycles. The van der Waals surface area contributed by atoms with Gasteiger partial charge in [0.15, 0.2) is 0 Å². The summed E-state index contributed by atoms with van der Waals surface area (Å²) in [6.07, 6.45) is 3.24. The number of amides is 1. The Morgan fingerprint density at radius 2 is 2.07 bits per heavy atom. The summed E-state index contributed by atoms with van der Waals surface area (Å²) in [5, 5.41) is 7.73. The van der Waals surface area contributed by atoms with E-state index >= 15 is 0 Å². The average Bonchev–Trinajstić information content (AvgIpc) is 3.01. The zero-order valence-corrected chi connectivity index (χ0v) is 18.2. The molecule has 1 aromatic heterocycles. The van der Waals surface area contributed by atoms with Crippen molar-refractivity contribution in [3.05, 3.63) is 17.0 Å². The first-order valence-electron chi connectivity index (χ1n) is 10.5. The average molecular weight is 410 g/mol. The van der Waals surface area contributed by atoms with Crippen LogP contribution in [0.3, 0.4) is 0 Å². The van der Waals surface area contributed by atoms with Gasteiger partial charge in [-0.1, -0.05) is 13.8 Å². The molecular weight excluding hydrogens is 374 g/mol. The standard InChI is InChI=1S/C21H35N3O5/c1-5-24-19-16(8-6-11-28-12-7-10-22-20(19)26)17(23-24)14-21(2,3)15-29-18(25)9-13-27-4/h5-15H2,1-4H3,(H,22,26). The Hall–Kier alpha value is -1.93. The van der Waals surface area contributed by atoms with Gasteiger partial charge in [0.05, 0.1) is 25.3 Å². The summed E-state index contributed by atoms with van der Waals surface area (Å²) >= 11 is 0. The van der Waals surface area contributed by atoms with Gasteiger partial charge < -0.3 is 19.5 Å². The zero-order valence-electron chi connectivity index (χ0n) is 18.2. The van der Waals surface area contributed by atoms with Crippen molar-refractivity contribution in [2.24, 2.45) is 5.41 Å². The fraction of sp³-hybridized carbons (Fsp3) is 0.762. The van der Waals surface area contributed by atoms with Gasteiger partial charge in [-0.05, 0) is 26.2 Å². The minimum atomic E-state index is -0.303. The van der Waals surface area contributed by atoms with Gasteiger partial charge in [0.25, 0.3) is 5.91 Å². The van der Waals surface area contributed by atoms with Gasteiger partial charge in [0, 0.05) is 50.8 Å². The maximum Gasteiger partial charge on any atom is 0.308 e. The molecule has 1 aromatic rings. The van der Waals surface area contributed by atoms with Crippen molar-refractivity contribution in [2.75, 3.05) is 40.1 Å². The molecule has 2 rings (SSSR count). The minimum Gasteiger partial charge on any atom is -0.465 e. The Morgan fingerprint density at radius 1 is 1.31 bits per heavy atom. The summed E-state index contributed by atoms with van der Waals surface area (Å²) in [5.74, 6) is -0.346. The summed E-state index contributed by atoms with van der Waals surface area (Å²) in [6, 6.07) is 0. The van der Waals surface area contributed by atoms with E-state index < -0.39 is 0 Å². The number of rotatable bonds is 8. The molecule has 1 aliphatic rings. The number of esters is 1. The lowest BCUT2D eigenvalue weighted by molar-refractivity contribution is -0.147. The second-order valence-corrected chi connectivity index (χ2v) is 8.16. The molecule has 2 heterocycles. The third kappa shape index (κ3) is 7.12. The molecule has 0 fully saturated rings. The van der Waals surface area contributed by atoms with Crippen LogP contribution in [0.2, 0.25) is 0 Å². The molecule has 164 valence electrons. The second-order valence-electron chi connectivity index (χ2n) is 8.16. The van der Waals surface area contributed by atoms with Gasteiger partial charge in [-0.15, -0.1) is 0 Å². The van der Waals surface area contributed by atoms with E-state index in [1.54, 1.807) is 11.8 Å². The maximum absolute atomic E-state index is 12.8. The number of nitrogens with zero attached hydrogens (tertiary/aromatic N) is 2. The largest absolute Gasteiger partial charge is 0.465 e. The summed E-state index contributed by atoms with van der Waals surface area (Å²) in [5.41, 5.74) is 2.22. The number of carbonyl (C=O) groups is 2. The van der Waals surface area contributed by atoms with E-state index in [9.17, 15) is 9.59 Å². The third-order valence-corrected chi connectivity index (χ3v) is 4.90. The van der Waals surface area contributed by atoms with Crippen LogP contribution in [0.5, 0.6) is 0 Å². The van der Waals surface area contributed by atoms with Gasteiger partial charge in [-0.25, -0.2) is 0 Å². The highest BCUT2D eigenvalue weighted by molar-refractivity contribution is 5.94. The van der Waals surface area contributed by atoms with Crippen molar-refractivity contribution in [1.82, 2.24) is 15.1 Å². The van der Waals surface area contributed by atoms with Gasteiger partial charge in [-0.2, -0.15) is 5.10 Å². The Morgan fingerprint density at radius 3 is 2.79 bits per heavy atom. The molecule has 1 N–H and O–H groups in total. The van der Waals surface area contributed by atoms with Crippen molar-refractivity contribution >= 4 is 11.9 Å². The number of carbonyl (C=O) groups excluding carboxylic acids is 2. The van der Waals surface area contributed by atoms with Crippen LogP contribution in [0.4, 0.5) is 0 Å². The maximum atomic E-state index is 12.8. The van der Waals surface area contributed by atoms with Gasteiger partial charge in [-0.3, -0.25) is 14.3 Å². The lowest BCUT2D eigenvalue weighted by atomic mass is 9.86. The number of nitrogens with one attached hydrogen (secondary N) is 1. The van der Waals surface area contributed by atoms with Gasteiger partial charge in [0.1, 0.15) is 5.69 Å². The summed E-state index contributed by atoms with van der Waals surface area (Å²) in [7, 11) is 1.56. The van der Waals surface area contributed by atoms with E-state index in [2.05, 4.69) is 5.32 Å². The number of aromatic nitrogens is 2. The van der Waals surface area contributed by atoms with Crippen LogP contribution >= 0.6 is 0 Å². The van der Waals surface area contributed by atoms with Crippen LogP contribution in [0, 0.1) is 5.41 Å². The Balaban J connectivity index is 2.18. The fourth-order valence-electron chi connectivity index (χ4n) is 3.39. The number of fused-ring (bicyclic) bond motifs is 1. The van der Waals surface area contributed by atoms with Crippen molar-refractivity contribution < 1.29 is 23.8 Å². The molecule has 0 saturated carbocycles. The second kappa shape index (κ2) is 11.3. The van der Waals surface area contributed by atoms with Crippen LogP contribution in [0.15, 0.2) is 0 Å². The summed E-state index contributed by atoms with van der Waals surface area (Å²) in [6.45, 7) is 9.26. The minimum absolute atomic E-state index is 0.0775. The van der Waals surface area contributed by atoms with Gasteiger partial charge >= 0.3 is 5.97 Å². The van der Waals surface area contributed by atoms with E-state index in [0.717, 1.165) is 30.5 Å². The Kier molecular flexibility index (Phi) is 9.10. The molecule has 1 amide bonds. The smallest absolute Gasteiger partial charge is 0.308 e. The molecular formula is C21H35N3O5. The van der Waals surface area contributed by atoms with E-state index in [4.69, 9.17) is 19.3 Å². The number of ether oxygens (including phenoxy) is 3. The predicted octanol–water partition coefficient (Wildman–Crippen LogP) is 2.13. The molecule has 0 spiro atoms. The number of aryl methyl sites for hydroxylation is 1. The zero-order chi connectivity index (χ0) is 21.3. The summed E-state index contributed by atoms with van der Waals surface area (Å²) < 4.78 is 17.8. The topological polar surface area (TPSA) is 91.7 Å². The number of hydrogen-bond acceptors (Lipinski definition) is 6. The lowest BCUT2D eigenvalue weighted by Gasteiger charge is -2.24. The normalized spacial score (nSPS) is 15.9. The SMILES string of the molecule is CCn1nc(CC(C)(C)COC(=O)CCOC)c2c1C(=O)NCCCOCCC2. The number of hydrogen-bond donors (Lipinski definition) is 1. The molecule has 0 bridgehead atoms. The molecule has 1 aliphatic heterocycles. The van der Waals surface area contributed by atoms with Crippen LogP contribution in [-0.2, 0) is 38.4 Å². The Bertz CT molecular complexity index is 684. The van der Waals surface area contributed by atoms with E-state index in [1.165, 1.54) is 0 Å². The summed E-state index contributed by atoms with van der Waals surface area (Å²) in [4.78, 5) is 24.6. The molecule has 0 atom stereocenters. The highest BCUT2D eigenvalue weighted by Crippen LogP contribution is 2.27. The molecule has 0 aromatic carbocycles. The van der Waals surface area contributed by atoms with Crippen LogP contribution in [0.1, 0.15) is 61.8 Å². The molecule has 29 heavy (non-hydrogen) atoms. The van der Waals surface area contributed by atoms with Crippen LogP contribution < -0.4 is 5.32 Å².